The zero-order chi connectivity index (χ0) is 15.2. The number of hydrogen-bond acceptors (Lipinski definition) is 2. The van der Waals surface area contributed by atoms with E-state index < -0.39 is 0 Å². The Kier molecular flexibility index (Phi) is 4.25. The Bertz CT molecular complexity index is 782. The first-order chi connectivity index (χ1) is 10.8. The minimum atomic E-state index is -0.234. The van der Waals surface area contributed by atoms with Gasteiger partial charge in [0.1, 0.15) is 5.82 Å². The fourth-order valence-electron chi connectivity index (χ4n) is 2.16. The fourth-order valence-corrected chi connectivity index (χ4v) is 2.16. The molecule has 0 aliphatic heterocycles. The molecule has 0 aromatic heterocycles. The highest BCUT2D eigenvalue weighted by atomic mass is 19.1. The van der Waals surface area contributed by atoms with Crippen molar-refractivity contribution in [3.63, 3.8) is 0 Å². The summed E-state index contributed by atoms with van der Waals surface area (Å²) < 4.78 is 13.3. The maximum Gasteiger partial charge on any atom is 0.123 e. The highest BCUT2D eigenvalue weighted by molar-refractivity contribution is 5.83. The van der Waals surface area contributed by atoms with Crippen molar-refractivity contribution < 1.29 is 4.39 Å². The maximum atomic E-state index is 13.3. The smallest absolute Gasteiger partial charge is 0.123 e. The van der Waals surface area contributed by atoms with Gasteiger partial charge in [0.25, 0.3) is 0 Å². The van der Waals surface area contributed by atoms with Gasteiger partial charge in [-0.2, -0.15) is 5.10 Å². The van der Waals surface area contributed by atoms with Crippen LogP contribution in [0.25, 0.3) is 11.1 Å². The monoisotopic (exact) mass is 290 g/mol. The summed E-state index contributed by atoms with van der Waals surface area (Å²) in [5.41, 5.74) is 6.67. The molecule has 0 saturated heterocycles. The first kappa shape index (κ1) is 14.0. The molecule has 0 heterocycles. The number of hydrazone groups is 1. The number of para-hydroxylation sites is 1. The molecule has 3 aromatic rings. The Morgan fingerprint density at radius 1 is 0.773 bits per heavy atom. The van der Waals surface area contributed by atoms with Crippen molar-refractivity contribution in [1.82, 2.24) is 0 Å². The second kappa shape index (κ2) is 6.68. The third kappa shape index (κ3) is 3.58. The van der Waals surface area contributed by atoms with Crippen molar-refractivity contribution in [3.8, 4) is 11.1 Å². The van der Waals surface area contributed by atoms with Crippen molar-refractivity contribution in [2.45, 2.75) is 0 Å². The Morgan fingerprint density at radius 3 is 2.27 bits per heavy atom. The molecular weight excluding hydrogens is 275 g/mol. The van der Waals surface area contributed by atoms with E-state index in [4.69, 9.17) is 0 Å². The van der Waals surface area contributed by atoms with E-state index in [1.807, 2.05) is 60.7 Å². The number of hydrogen-bond donors (Lipinski definition) is 1. The molecule has 0 spiro atoms. The molecule has 0 atom stereocenters. The molecule has 0 fully saturated rings. The van der Waals surface area contributed by atoms with Gasteiger partial charge in [-0.1, -0.05) is 48.5 Å². The van der Waals surface area contributed by atoms with E-state index in [9.17, 15) is 4.39 Å². The van der Waals surface area contributed by atoms with Crippen LogP contribution >= 0.6 is 0 Å². The molecule has 3 heteroatoms. The lowest BCUT2D eigenvalue weighted by Gasteiger charge is -2.03. The summed E-state index contributed by atoms with van der Waals surface area (Å²) in [7, 11) is 0. The number of nitrogens with one attached hydrogen (secondary N) is 1. The van der Waals surface area contributed by atoms with Crippen LogP contribution in [0.2, 0.25) is 0 Å². The molecular formula is C19H15FN2. The second-order valence-corrected chi connectivity index (χ2v) is 4.87. The van der Waals surface area contributed by atoms with E-state index in [1.54, 1.807) is 12.3 Å². The van der Waals surface area contributed by atoms with Crippen LogP contribution in [0.5, 0.6) is 0 Å². The molecule has 2 nitrogen and oxygen atoms in total. The number of nitrogens with zero attached hydrogens (tertiary/aromatic N) is 1. The first-order valence-electron chi connectivity index (χ1n) is 7.01. The largest absolute Gasteiger partial charge is 0.279 e. The van der Waals surface area contributed by atoms with Gasteiger partial charge in [0.2, 0.25) is 0 Å². The summed E-state index contributed by atoms with van der Waals surface area (Å²) in [6, 6.07) is 24.1. The lowest BCUT2D eigenvalue weighted by molar-refractivity contribution is 0.628. The molecule has 0 amide bonds. The minimum Gasteiger partial charge on any atom is -0.279 e. The van der Waals surface area contributed by atoms with Crippen LogP contribution in [0.3, 0.4) is 0 Å². The first-order valence-corrected chi connectivity index (χ1v) is 7.01. The van der Waals surface area contributed by atoms with E-state index in [0.717, 1.165) is 22.4 Å². The second-order valence-electron chi connectivity index (χ2n) is 4.87. The molecule has 0 unspecified atom stereocenters. The lowest BCUT2D eigenvalue weighted by Crippen LogP contribution is -1.90. The van der Waals surface area contributed by atoms with E-state index >= 15 is 0 Å². The molecule has 3 aromatic carbocycles. The summed E-state index contributed by atoms with van der Waals surface area (Å²) in [6.07, 6.45) is 1.75. The fraction of sp³-hybridized carbons (Fsp3) is 0. The average molecular weight is 290 g/mol. The summed E-state index contributed by atoms with van der Waals surface area (Å²) in [5, 5.41) is 4.22. The average Bonchev–Trinajstić information content (AvgIpc) is 2.56. The highest BCUT2D eigenvalue weighted by Crippen LogP contribution is 2.20. The number of anilines is 1. The van der Waals surface area contributed by atoms with Crippen LogP contribution in [0.4, 0.5) is 10.1 Å². The topological polar surface area (TPSA) is 24.4 Å². The van der Waals surface area contributed by atoms with Crippen molar-refractivity contribution in [3.05, 3.63) is 90.2 Å². The van der Waals surface area contributed by atoms with Gasteiger partial charge in [0.05, 0.1) is 11.9 Å². The Balaban J connectivity index is 1.77. The van der Waals surface area contributed by atoms with Gasteiger partial charge in [0.15, 0.2) is 0 Å². The van der Waals surface area contributed by atoms with Gasteiger partial charge in [0, 0.05) is 0 Å². The Morgan fingerprint density at radius 2 is 1.50 bits per heavy atom. The van der Waals surface area contributed by atoms with Crippen LogP contribution in [0.1, 0.15) is 5.56 Å². The SMILES string of the molecule is Fc1cccc(-c2cccc(C=NNc3ccccc3)c2)c1. The van der Waals surface area contributed by atoms with Gasteiger partial charge in [-0.15, -0.1) is 0 Å². The van der Waals surface area contributed by atoms with E-state index in [0.29, 0.717) is 0 Å². The summed E-state index contributed by atoms with van der Waals surface area (Å²) in [6.45, 7) is 0. The molecule has 0 bridgehead atoms. The third-order valence-electron chi connectivity index (χ3n) is 3.23. The normalized spacial score (nSPS) is 10.8. The molecule has 0 saturated carbocycles. The standard InChI is InChI=1S/C19H15FN2/c20-18-9-5-8-17(13-18)16-7-4-6-15(12-16)14-21-22-19-10-2-1-3-11-19/h1-14,22H. The minimum absolute atomic E-state index is 0.234. The quantitative estimate of drug-likeness (QED) is 0.534. The number of rotatable bonds is 4. The van der Waals surface area contributed by atoms with Crippen LogP contribution in [-0.2, 0) is 0 Å². The lowest BCUT2D eigenvalue weighted by atomic mass is 10.0. The van der Waals surface area contributed by atoms with Gasteiger partial charge in [-0.3, -0.25) is 5.43 Å². The molecule has 22 heavy (non-hydrogen) atoms. The van der Waals surface area contributed by atoms with Crippen molar-refractivity contribution in [2.24, 2.45) is 5.10 Å². The predicted octanol–water partition coefficient (Wildman–Crippen LogP) is 4.94. The third-order valence-corrected chi connectivity index (χ3v) is 3.23. The van der Waals surface area contributed by atoms with E-state index in [1.165, 1.54) is 12.1 Å². The zero-order valence-corrected chi connectivity index (χ0v) is 11.9. The molecule has 108 valence electrons. The maximum absolute atomic E-state index is 13.3. The molecule has 1 N–H and O–H groups in total. The number of benzene rings is 3. The van der Waals surface area contributed by atoms with Crippen LogP contribution in [0.15, 0.2) is 84.0 Å². The van der Waals surface area contributed by atoms with Crippen LogP contribution in [-0.4, -0.2) is 6.21 Å². The van der Waals surface area contributed by atoms with E-state index in [-0.39, 0.29) is 5.82 Å². The van der Waals surface area contributed by atoms with Gasteiger partial charge in [-0.05, 0) is 47.0 Å². The predicted molar refractivity (Wildman–Crippen MR) is 89.5 cm³/mol. The molecule has 3 rings (SSSR count). The van der Waals surface area contributed by atoms with Crippen molar-refractivity contribution in [2.75, 3.05) is 5.43 Å². The zero-order valence-electron chi connectivity index (χ0n) is 11.9. The highest BCUT2D eigenvalue weighted by Gasteiger charge is 1.99. The van der Waals surface area contributed by atoms with E-state index in [2.05, 4.69) is 10.5 Å². The van der Waals surface area contributed by atoms with Crippen LogP contribution < -0.4 is 5.43 Å². The summed E-state index contributed by atoms with van der Waals surface area (Å²) in [5.74, 6) is -0.234. The van der Waals surface area contributed by atoms with Gasteiger partial charge >= 0.3 is 0 Å². The Hall–Kier alpha value is -2.94. The molecule has 0 radical (unpaired) electrons. The molecule has 0 aliphatic carbocycles. The van der Waals surface area contributed by atoms with Gasteiger partial charge < -0.3 is 0 Å². The Labute approximate surface area is 128 Å². The van der Waals surface area contributed by atoms with Gasteiger partial charge in [-0.25, -0.2) is 4.39 Å². The number of halogens is 1. The summed E-state index contributed by atoms with van der Waals surface area (Å²) >= 11 is 0. The summed E-state index contributed by atoms with van der Waals surface area (Å²) in [4.78, 5) is 0. The van der Waals surface area contributed by atoms with Crippen molar-refractivity contribution in [1.29, 1.82) is 0 Å². The molecule has 0 aliphatic rings. The van der Waals surface area contributed by atoms with Crippen LogP contribution in [0, 0.1) is 5.82 Å². The van der Waals surface area contributed by atoms with Crippen molar-refractivity contribution >= 4 is 11.9 Å².